The van der Waals surface area contributed by atoms with Crippen molar-refractivity contribution in [1.82, 2.24) is 15.2 Å². The molecule has 0 aliphatic heterocycles. The smallest absolute Gasteiger partial charge is 0.210 e. The number of aliphatic imine (C=N–C) groups is 1. The number of hydrogen-bond donors (Lipinski definition) is 3. The van der Waals surface area contributed by atoms with Gasteiger partial charge in [0.25, 0.3) is 0 Å². The van der Waals surface area contributed by atoms with Gasteiger partial charge in [0.05, 0.1) is 25.0 Å². The molecule has 0 unspecified atom stereocenters. The van der Waals surface area contributed by atoms with E-state index in [1.165, 1.54) is 0 Å². The molecule has 0 aliphatic carbocycles. The molecule has 0 fully saturated rings. The van der Waals surface area contributed by atoms with Crippen molar-refractivity contribution in [3.05, 3.63) is 12.4 Å². The Labute approximate surface area is 119 Å². The van der Waals surface area contributed by atoms with E-state index < -0.39 is 0 Å². The molecule has 0 radical (unpaired) electrons. The molecule has 0 atom stereocenters. The Bertz CT molecular complexity index is 393. The van der Waals surface area contributed by atoms with Crippen LogP contribution in [-0.4, -0.2) is 49.2 Å². The fourth-order valence-corrected chi connectivity index (χ4v) is 1.50. The number of ether oxygens (including phenoxy) is 2. The topological polar surface area (TPSA) is 98.7 Å². The van der Waals surface area contributed by atoms with E-state index in [0.717, 1.165) is 18.7 Å². The zero-order chi connectivity index (χ0) is 14.6. The molecule has 0 aliphatic rings. The van der Waals surface area contributed by atoms with Crippen LogP contribution in [0.25, 0.3) is 0 Å². The van der Waals surface area contributed by atoms with Crippen LogP contribution in [0.5, 0.6) is 0 Å². The molecule has 4 N–H and O–H groups in total. The first-order valence-corrected chi connectivity index (χ1v) is 6.67. The lowest BCUT2D eigenvalue weighted by Crippen LogP contribution is -2.36. The highest BCUT2D eigenvalue weighted by Crippen LogP contribution is 2.04. The van der Waals surface area contributed by atoms with E-state index in [0.29, 0.717) is 32.3 Å². The lowest BCUT2D eigenvalue weighted by molar-refractivity contribution is 0.146. The van der Waals surface area contributed by atoms with Crippen LogP contribution in [-0.2, 0) is 16.0 Å². The van der Waals surface area contributed by atoms with E-state index in [9.17, 15) is 0 Å². The van der Waals surface area contributed by atoms with Crippen molar-refractivity contribution in [2.45, 2.75) is 19.9 Å². The number of nitrogens with one attached hydrogen (secondary N) is 2. The molecule has 0 bridgehead atoms. The molecule has 8 heteroatoms. The largest absolute Gasteiger partial charge is 0.383 e. The second kappa shape index (κ2) is 10.2. The van der Waals surface area contributed by atoms with Crippen molar-refractivity contribution < 1.29 is 9.47 Å². The third-order valence-electron chi connectivity index (χ3n) is 2.48. The molecule has 8 nitrogen and oxygen atoms in total. The zero-order valence-corrected chi connectivity index (χ0v) is 12.1. The Hall–Kier alpha value is -1.64. The maximum Gasteiger partial charge on any atom is 0.210 e. The van der Waals surface area contributed by atoms with E-state index >= 15 is 0 Å². The van der Waals surface area contributed by atoms with Crippen LogP contribution in [0, 0.1) is 0 Å². The van der Waals surface area contributed by atoms with E-state index in [-0.39, 0.29) is 0 Å². The second-order valence-electron chi connectivity index (χ2n) is 4.04. The molecule has 1 aromatic rings. The van der Waals surface area contributed by atoms with Crippen LogP contribution in [0.15, 0.2) is 17.4 Å². The summed E-state index contributed by atoms with van der Waals surface area (Å²) in [4.78, 5) is 4.31. The number of anilines is 1. The SMILES string of the molecule is CCOCCCN=C(NN)Nc1cnn(CCOC)c1. The van der Waals surface area contributed by atoms with Crippen LogP contribution in [0.1, 0.15) is 13.3 Å². The van der Waals surface area contributed by atoms with E-state index in [1.807, 2.05) is 13.1 Å². The van der Waals surface area contributed by atoms with Gasteiger partial charge in [-0.2, -0.15) is 5.10 Å². The molecule has 0 amide bonds. The van der Waals surface area contributed by atoms with Crippen LogP contribution in [0.3, 0.4) is 0 Å². The standard InChI is InChI=1S/C12H24N6O2/c1-3-20-7-4-5-14-12(17-13)16-11-9-15-18(10-11)6-8-19-2/h9-10H,3-8,13H2,1-2H3,(H2,14,16,17). The minimum absolute atomic E-state index is 0.507. The third kappa shape index (κ3) is 6.50. The number of aromatic nitrogens is 2. The van der Waals surface area contributed by atoms with Gasteiger partial charge in [-0.15, -0.1) is 0 Å². The van der Waals surface area contributed by atoms with Gasteiger partial charge in [0, 0.05) is 33.1 Å². The number of rotatable bonds is 9. The summed E-state index contributed by atoms with van der Waals surface area (Å²) in [5.41, 5.74) is 3.35. The second-order valence-corrected chi connectivity index (χ2v) is 4.04. The van der Waals surface area contributed by atoms with Crippen LogP contribution >= 0.6 is 0 Å². The van der Waals surface area contributed by atoms with Crippen molar-refractivity contribution in [2.24, 2.45) is 10.8 Å². The maximum absolute atomic E-state index is 5.43. The van der Waals surface area contributed by atoms with Crippen LogP contribution in [0.2, 0.25) is 0 Å². The number of nitrogens with zero attached hydrogens (tertiary/aromatic N) is 3. The van der Waals surface area contributed by atoms with Crippen LogP contribution in [0.4, 0.5) is 5.69 Å². The number of guanidine groups is 1. The van der Waals surface area contributed by atoms with Gasteiger partial charge in [-0.25, -0.2) is 5.84 Å². The lowest BCUT2D eigenvalue weighted by atomic mass is 10.4. The summed E-state index contributed by atoms with van der Waals surface area (Å²) >= 11 is 0. The average molecular weight is 284 g/mol. The van der Waals surface area contributed by atoms with E-state index in [1.54, 1.807) is 18.0 Å². The van der Waals surface area contributed by atoms with E-state index in [2.05, 4.69) is 20.8 Å². The Morgan fingerprint density at radius 1 is 1.50 bits per heavy atom. The molecule has 1 heterocycles. The molecule has 0 spiro atoms. The van der Waals surface area contributed by atoms with Crippen molar-refractivity contribution >= 4 is 11.6 Å². The van der Waals surface area contributed by atoms with Crippen molar-refractivity contribution in [2.75, 3.05) is 38.8 Å². The van der Waals surface area contributed by atoms with Crippen molar-refractivity contribution in [3.8, 4) is 0 Å². The highest BCUT2D eigenvalue weighted by atomic mass is 16.5. The number of hydrazine groups is 1. The number of methoxy groups -OCH3 is 1. The van der Waals surface area contributed by atoms with Gasteiger partial charge in [-0.3, -0.25) is 15.1 Å². The fraction of sp³-hybridized carbons (Fsp3) is 0.667. The fourth-order valence-electron chi connectivity index (χ4n) is 1.50. The summed E-state index contributed by atoms with van der Waals surface area (Å²) in [6, 6.07) is 0. The number of nitrogens with two attached hydrogens (primary N) is 1. The predicted octanol–water partition coefficient (Wildman–Crippen LogP) is 0.187. The predicted molar refractivity (Wildman–Crippen MR) is 78.5 cm³/mol. The van der Waals surface area contributed by atoms with Gasteiger partial charge in [-0.05, 0) is 13.3 Å². The first-order chi connectivity index (χ1) is 9.80. The number of hydrogen-bond acceptors (Lipinski definition) is 5. The molecule has 0 aromatic carbocycles. The maximum atomic E-state index is 5.43. The summed E-state index contributed by atoms with van der Waals surface area (Å²) in [6.45, 7) is 5.37. The van der Waals surface area contributed by atoms with Gasteiger partial charge in [-0.1, -0.05) is 0 Å². The molecule has 1 rings (SSSR count). The van der Waals surface area contributed by atoms with Gasteiger partial charge >= 0.3 is 0 Å². The average Bonchev–Trinajstić information content (AvgIpc) is 2.91. The molecule has 20 heavy (non-hydrogen) atoms. The molecule has 114 valence electrons. The quantitative estimate of drug-likeness (QED) is 0.197. The van der Waals surface area contributed by atoms with Crippen molar-refractivity contribution in [1.29, 1.82) is 0 Å². The highest BCUT2D eigenvalue weighted by Gasteiger charge is 2.01. The Morgan fingerprint density at radius 3 is 3.05 bits per heavy atom. The molecule has 1 aromatic heterocycles. The minimum atomic E-state index is 0.507. The summed E-state index contributed by atoms with van der Waals surface area (Å²) in [5.74, 6) is 5.93. The first kappa shape index (κ1) is 16.4. The Morgan fingerprint density at radius 2 is 2.35 bits per heavy atom. The van der Waals surface area contributed by atoms with Crippen LogP contribution < -0.4 is 16.6 Å². The monoisotopic (exact) mass is 284 g/mol. The minimum Gasteiger partial charge on any atom is -0.383 e. The summed E-state index contributed by atoms with van der Waals surface area (Å²) in [7, 11) is 1.66. The first-order valence-electron chi connectivity index (χ1n) is 6.67. The zero-order valence-electron chi connectivity index (χ0n) is 12.1. The van der Waals surface area contributed by atoms with E-state index in [4.69, 9.17) is 15.3 Å². The van der Waals surface area contributed by atoms with Gasteiger partial charge in [0.1, 0.15) is 0 Å². The third-order valence-corrected chi connectivity index (χ3v) is 2.48. The summed E-state index contributed by atoms with van der Waals surface area (Å²) < 4.78 is 12.0. The van der Waals surface area contributed by atoms with Gasteiger partial charge in [0.2, 0.25) is 5.96 Å². The molecular formula is C12H24N6O2. The normalized spacial score (nSPS) is 11.7. The lowest BCUT2D eigenvalue weighted by Gasteiger charge is -2.07. The summed E-state index contributed by atoms with van der Waals surface area (Å²) in [5, 5.41) is 7.26. The Balaban J connectivity index is 2.38. The summed E-state index contributed by atoms with van der Waals surface area (Å²) in [6.07, 6.45) is 4.43. The van der Waals surface area contributed by atoms with Gasteiger partial charge in [0.15, 0.2) is 0 Å². The van der Waals surface area contributed by atoms with Crippen molar-refractivity contribution in [3.63, 3.8) is 0 Å². The highest BCUT2D eigenvalue weighted by molar-refractivity contribution is 5.92. The molecule has 0 saturated heterocycles. The molecular weight excluding hydrogens is 260 g/mol. The Kier molecular flexibility index (Phi) is 8.36. The molecule has 0 saturated carbocycles. The van der Waals surface area contributed by atoms with Gasteiger partial charge < -0.3 is 14.8 Å².